The zero-order valence-corrected chi connectivity index (χ0v) is 14.5. The van der Waals surface area contributed by atoms with Crippen molar-refractivity contribution in [3.05, 3.63) is 64.7 Å². The van der Waals surface area contributed by atoms with Gasteiger partial charge >= 0.3 is 0 Å². The van der Waals surface area contributed by atoms with E-state index in [1.54, 1.807) is 17.6 Å². The van der Waals surface area contributed by atoms with Crippen LogP contribution in [0.2, 0.25) is 0 Å². The van der Waals surface area contributed by atoms with E-state index in [-0.39, 0.29) is 11.7 Å². The summed E-state index contributed by atoms with van der Waals surface area (Å²) in [5.41, 5.74) is 2.03. The first-order valence-electron chi connectivity index (χ1n) is 7.78. The highest BCUT2D eigenvalue weighted by atomic mass is 32.1. The van der Waals surface area contributed by atoms with E-state index in [2.05, 4.69) is 20.4 Å². The molecule has 1 N–H and O–H groups in total. The van der Waals surface area contributed by atoms with Crippen LogP contribution in [0.5, 0.6) is 0 Å². The van der Waals surface area contributed by atoms with Gasteiger partial charge in [0.2, 0.25) is 0 Å². The number of benzene rings is 1. The van der Waals surface area contributed by atoms with E-state index in [4.69, 9.17) is 0 Å². The molecule has 3 heterocycles. The van der Waals surface area contributed by atoms with Gasteiger partial charge in [0.1, 0.15) is 12.1 Å². The van der Waals surface area contributed by atoms with Gasteiger partial charge in [0, 0.05) is 17.1 Å². The summed E-state index contributed by atoms with van der Waals surface area (Å²) >= 11 is 1.24. The monoisotopic (exact) mass is 363 g/mol. The smallest absolute Gasteiger partial charge is 0.257 e. The van der Waals surface area contributed by atoms with Crippen LogP contribution >= 0.6 is 11.3 Å². The number of thiophene rings is 1. The third-order valence-electron chi connectivity index (χ3n) is 3.83. The van der Waals surface area contributed by atoms with Gasteiger partial charge in [-0.15, -0.1) is 11.3 Å². The number of nitrogens with one attached hydrogen (secondary N) is 1. The van der Waals surface area contributed by atoms with Gasteiger partial charge in [-0.2, -0.15) is 14.6 Å². The fourth-order valence-electron chi connectivity index (χ4n) is 2.55. The van der Waals surface area contributed by atoms with Crippen LogP contribution in [0.15, 0.2) is 54.3 Å². The first-order valence-corrected chi connectivity index (χ1v) is 8.66. The molecule has 3 aromatic heterocycles. The van der Waals surface area contributed by atoms with Gasteiger partial charge in [-0.05, 0) is 18.6 Å². The minimum atomic E-state index is -0.325. The molecule has 0 atom stereocenters. The van der Waals surface area contributed by atoms with Crippen LogP contribution in [0.4, 0.5) is 5.82 Å². The molecule has 0 aliphatic rings. The first kappa shape index (κ1) is 16.1. The van der Waals surface area contributed by atoms with Gasteiger partial charge in [-0.3, -0.25) is 9.59 Å². The lowest BCUT2D eigenvalue weighted by Crippen LogP contribution is -2.15. The topological polar surface area (TPSA) is 89.2 Å². The van der Waals surface area contributed by atoms with Crippen molar-refractivity contribution >= 4 is 34.6 Å². The zero-order chi connectivity index (χ0) is 18.1. The van der Waals surface area contributed by atoms with E-state index < -0.39 is 0 Å². The summed E-state index contributed by atoms with van der Waals surface area (Å²) in [5.74, 6) is 0.463. The lowest BCUT2D eigenvalue weighted by atomic mass is 10.1. The van der Waals surface area contributed by atoms with E-state index in [0.29, 0.717) is 22.0 Å². The van der Waals surface area contributed by atoms with E-state index in [1.807, 2.05) is 30.3 Å². The predicted molar refractivity (Wildman–Crippen MR) is 98.5 cm³/mol. The molecule has 0 saturated heterocycles. The summed E-state index contributed by atoms with van der Waals surface area (Å²) in [7, 11) is 0. The van der Waals surface area contributed by atoms with E-state index >= 15 is 0 Å². The molecular weight excluding hydrogens is 350 g/mol. The van der Waals surface area contributed by atoms with Crippen LogP contribution in [0, 0.1) is 0 Å². The molecule has 0 spiro atoms. The SMILES string of the molecule is CC(=O)c1cc(C(=O)Nc2c(-c3ccccc3)cnc3ncnn23)cs1. The normalized spacial score (nSPS) is 10.8. The number of nitrogens with zero attached hydrogens (tertiary/aromatic N) is 4. The molecule has 128 valence electrons. The van der Waals surface area contributed by atoms with Crippen LogP contribution < -0.4 is 5.32 Å². The number of hydrogen-bond acceptors (Lipinski definition) is 6. The van der Waals surface area contributed by atoms with Crippen LogP contribution in [-0.4, -0.2) is 31.3 Å². The molecule has 0 aliphatic carbocycles. The molecule has 1 amide bonds. The number of amides is 1. The molecule has 0 radical (unpaired) electrons. The maximum atomic E-state index is 12.7. The van der Waals surface area contributed by atoms with Crippen molar-refractivity contribution in [3.63, 3.8) is 0 Å². The average molecular weight is 363 g/mol. The summed E-state index contributed by atoms with van der Waals surface area (Å²) in [6.07, 6.45) is 3.04. The third-order valence-corrected chi connectivity index (χ3v) is 4.86. The highest BCUT2D eigenvalue weighted by Crippen LogP contribution is 2.28. The Hall–Kier alpha value is -3.39. The van der Waals surface area contributed by atoms with Crippen molar-refractivity contribution in [1.29, 1.82) is 0 Å². The van der Waals surface area contributed by atoms with Gasteiger partial charge in [-0.25, -0.2) is 4.98 Å². The molecular formula is C18H13N5O2S. The van der Waals surface area contributed by atoms with Crippen molar-refractivity contribution in [1.82, 2.24) is 19.6 Å². The third kappa shape index (κ3) is 2.86. The van der Waals surface area contributed by atoms with Crippen LogP contribution in [0.3, 0.4) is 0 Å². The molecule has 0 aliphatic heterocycles. The molecule has 1 aromatic carbocycles. The number of anilines is 1. The minimum absolute atomic E-state index is 0.0680. The number of aromatic nitrogens is 4. The summed E-state index contributed by atoms with van der Waals surface area (Å²) in [4.78, 5) is 33.1. The highest BCUT2D eigenvalue weighted by Gasteiger charge is 2.17. The number of rotatable bonds is 4. The zero-order valence-electron chi connectivity index (χ0n) is 13.7. The maximum absolute atomic E-state index is 12.7. The Morgan fingerprint density at radius 2 is 1.96 bits per heavy atom. The molecule has 0 unspecified atom stereocenters. The fourth-order valence-corrected chi connectivity index (χ4v) is 3.34. The molecule has 7 nitrogen and oxygen atoms in total. The van der Waals surface area contributed by atoms with Gasteiger partial charge in [0.05, 0.1) is 10.4 Å². The number of carbonyl (C=O) groups is 2. The molecule has 0 saturated carbocycles. The van der Waals surface area contributed by atoms with Crippen LogP contribution in [0.1, 0.15) is 27.0 Å². The molecule has 0 fully saturated rings. The van der Waals surface area contributed by atoms with E-state index in [0.717, 1.165) is 11.1 Å². The van der Waals surface area contributed by atoms with Crippen LogP contribution in [0.25, 0.3) is 16.9 Å². The van der Waals surface area contributed by atoms with E-state index in [1.165, 1.54) is 29.1 Å². The summed E-state index contributed by atoms with van der Waals surface area (Å²) in [6.45, 7) is 1.48. The quantitative estimate of drug-likeness (QED) is 0.562. The second-order valence-electron chi connectivity index (χ2n) is 5.57. The lowest BCUT2D eigenvalue weighted by molar-refractivity contribution is 0.102. The van der Waals surface area contributed by atoms with Crippen molar-refractivity contribution in [3.8, 4) is 11.1 Å². The number of ketones is 1. The second kappa shape index (κ2) is 6.49. The largest absolute Gasteiger partial charge is 0.306 e. The number of carbonyl (C=O) groups excluding carboxylic acids is 2. The van der Waals surface area contributed by atoms with Gasteiger partial charge in [0.15, 0.2) is 5.78 Å². The molecule has 26 heavy (non-hydrogen) atoms. The Morgan fingerprint density at radius 3 is 2.69 bits per heavy atom. The average Bonchev–Trinajstić information content (AvgIpc) is 3.32. The van der Waals surface area contributed by atoms with Crippen molar-refractivity contribution in [2.24, 2.45) is 0 Å². The Morgan fingerprint density at radius 1 is 1.15 bits per heavy atom. The number of Topliss-reactive ketones (excluding diaryl/α,β-unsaturated/α-hetero) is 1. The summed E-state index contributed by atoms with van der Waals surface area (Å²) in [6, 6.07) is 11.2. The van der Waals surface area contributed by atoms with Crippen molar-refractivity contribution < 1.29 is 9.59 Å². The molecule has 4 rings (SSSR count). The Kier molecular flexibility index (Phi) is 4.02. The molecule has 4 aromatic rings. The lowest BCUT2D eigenvalue weighted by Gasteiger charge is -2.11. The van der Waals surface area contributed by atoms with E-state index in [9.17, 15) is 9.59 Å². The first-order chi connectivity index (χ1) is 12.6. The summed E-state index contributed by atoms with van der Waals surface area (Å²) < 4.78 is 1.48. The Labute approximate surface area is 152 Å². The van der Waals surface area contributed by atoms with Gasteiger partial charge in [0.25, 0.3) is 11.7 Å². The van der Waals surface area contributed by atoms with Crippen molar-refractivity contribution in [2.45, 2.75) is 6.92 Å². The van der Waals surface area contributed by atoms with Crippen LogP contribution in [-0.2, 0) is 0 Å². The van der Waals surface area contributed by atoms with Gasteiger partial charge in [-0.1, -0.05) is 30.3 Å². The predicted octanol–water partition coefficient (Wildman–Crippen LogP) is 3.31. The Bertz CT molecular complexity index is 1120. The number of hydrogen-bond donors (Lipinski definition) is 1. The Balaban J connectivity index is 1.78. The van der Waals surface area contributed by atoms with Gasteiger partial charge < -0.3 is 5.32 Å². The molecule has 8 heteroatoms. The maximum Gasteiger partial charge on any atom is 0.257 e. The van der Waals surface area contributed by atoms with Crippen molar-refractivity contribution in [2.75, 3.05) is 5.32 Å². The standard InChI is InChI=1S/C18H13N5O2S/c1-11(24)15-7-13(9-26-15)17(25)22-16-14(12-5-3-2-4-6-12)8-19-18-20-10-21-23(16)18/h2-10H,1H3,(H,22,25). The highest BCUT2D eigenvalue weighted by molar-refractivity contribution is 7.12. The number of fused-ring (bicyclic) bond motifs is 1. The minimum Gasteiger partial charge on any atom is -0.306 e. The fraction of sp³-hybridized carbons (Fsp3) is 0.0556. The molecule has 0 bridgehead atoms. The summed E-state index contributed by atoms with van der Waals surface area (Å²) in [5, 5.41) is 8.71. The second-order valence-corrected chi connectivity index (χ2v) is 6.48.